The van der Waals surface area contributed by atoms with Gasteiger partial charge in [0, 0.05) is 19.8 Å². The van der Waals surface area contributed by atoms with Crippen LogP contribution in [0, 0.1) is 0 Å². The molecule has 1 aromatic heterocycles. The molecule has 1 rings (SSSR count). The molecule has 0 aliphatic carbocycles. The molecule has 0 saturated carbocycles. The second-order valence-corrected chi connectivity index (χ2v) is 4.20. The Kier molecular flexibility index (Phi) is 5.75. The number of rotatable bonds is 7. The lowest BCUT2D eigenvalue weighted by atomic mass is 10.1. The van der Waals surface area contributed by atoms with Gasteiger partial charge in [-0.2, -0.15) is 0 Å². The highest BCUT2D eigenvalue weighted by atomic mass is 32.1. The Balaban J connectivity index is 2.57. The number of nitrogens with zero attached hydrogens (tertiary/aromatic N) is 2. The first-order valence-electron chi connectivity index (χ1n) is 5.30. The van der Waals surface area contributed by atoms with Crippen LogP contribution in [0.1, 0.15) is 36.4 Å². The lowest BCUT2D eigenvalue weighted by molar-refractivity contribution is 0.189. The second-order valence-electron chi connectivity index (χ2n) is 3.41. The summed E-state index contributed by atoms with van der Waals surface area (Å²) in [5, 5.41) is 7.44. The summed E-state index contributed by atoms with van der Waals surface area (Å²) in [5.41, 5.74) is 1.12. The molecule has 5 heteroatoms. The molecule has 0 saturated heterocycles. The van der Waals surface area contributed by atoms with Crippen molar-refractivity contribution in [2.45, 2.75) is 32.2 Å². The van der Waals surface area contributed by atoms with Crippen molar-refractivity contribution in [3.63, 3.8) is 0 Å². The molecule has 0 bridgehead atoms. The smallest absolute Gasteiger partial charge is 0.0800 e. The summed E-state index contributed by atoms with van der Waals surface area (Å²) < 4.78 is 9.07. The molecule has 1 atom stereocenters. The number of ether oxygens (including phenoxy) is 1. The van der Waals surface area contributed by atoms with Gasteiger partial charge in [0.15, 0.2) is 0 Å². The molecule has 0 aromatic carbocycles. The van der Waals surface area contributed by atoms with Crippen LogP contribution in [-0.2, 0) is 11.2 Å². The van der Waals surface area contributed by atoms with E-state index in [0.29, 0.717) is 6.04 Å². The first-order valence-corrected chi connectivity index (χ1v) is 6.08. The van der Waals surface area contributed by atoms with Gasteiger partial charge in [-0.1, -0.05) is 11.4 Å². The number of hydrogen-bond donors (Lipinski definition) is 1. The fraction of sp³-hybridized carbons (Fsp3) is 0.800. The van der Waals surface area contributed by atoms with Crippen molar-refractivity contribution in [2.75, 3.05) is 20.8 Å². The molecule has 15 heavy (non-hydrogen) atoms. The van der Waals surface area contributed by atoms with Crippen molar-refractivity contribution in [2.24, 2.45) is 0 Å². The average molecular weight is 229 g/mol. The van der Waals surface area contributed by atoms with Crippen LogP contribution in [0.2, 0.25) is 0 Å². The lowest BCUT2D eigenvalue weighted by Gasteiger charge is -2.14. The predicted molar refractivity (Wildman–Crippen MR) is 62.2 cm³/mol. The van der Waals surface area contributed by atoms with E-state index in [1.165, 1.54) is 16.4 Å². The Labute approximate surface area is 95.2 Å². The highest BCUT2D eigenvalue weighted by molar-refractivity contribution is 7.05. The highest BCUT2D eigenvalue weighted by Crippen LogP contribution is 2.24. The van der Waals surface area contributed by atoms with Gasteiger partial charge < -0.3 is 10.1 Å². The minimum atomic E-state index is 0.370. The molecule has 0 radical (unpaired) electrons. The zero-order valence-corrected chi connectivity index (χ0v) is 10.4. The average Bonchev–Trinajstić information content (AvgIpc) is 2.72. The van der Waals surface area contributed by atoms with Crippen LogP contribution in [0.3, 0.4) is 0 Å². The number of methoxy groups -OCH3 is 1. The van der Waals surface area contributed by atoms with Gasteiger partial charge in [-0.15, -0.1) is 5.10 Å². The fourth-order valence-electron chi connectivity index (χ4n) is 1.56. The van der Waals surface area contributed by atoms with Crippen LogP contribution in [0.4, 0.5) is 0 Å². The van der Waals surface area contributed by atoms with Crippen LogP contribution >= 0.6 is 11.5 Å². The number of nitrogens with one attached hydrogen (secondary N) is 1. The molecule has 1 N–H and O–H groups in total. The number of aryl methyl sites for hydroxylation is 1. The molecule has 1 heterocycles. The quantitative estimate of drug-likeness (QED) is 0.724. The van der Waals surface area contributed by atoms with Gasteiger partial charge in [0.1, 0.15) is 0 Å². The fourth-order valence-corrected chi connectivity index (χ4v) is 2.44. The van der Waals surface area contributed by atoms with Crippen molar-refractivity contribution in [3.8, 4) is 0 Å². The molecule has 0 amide bonds. The Hall–Kier alpha value is -0.520. The lowest BCUT2D eigenvalue weighted by Crippen LogP contribution is -2.17. The van der Waals surface area contributed by atoms with E-state index in [9.17, 15) is 0 Å². The van der Waals surface area contributed by atoms with Crippen molar-refractivity contribution >= 4 is 11.5 Å². The third kappa shape index (κ3) is 3.52. The monoisotopic (exact) mass is 229 g/mol. The van der Waals surface area contributed by atoms with Gasteiger partial charge in [0.2, 0.25) is 0 Å². The van der Waals surface area contributed by atoms with Crippen LogP contribution in [0.5, 0.6) is 0 Å². The van der Waals surface area contributed by atoms with E-state index in [1.54, 1.807) is 7.11 Å². The SMILES string of the molecule is CCc1nnsc1C(CCCOC)NC. The largest absolute Gasteiger partial charge is 0.385 e. The normalized spacial score (nSPS) is 13.0. The Morgan fingerprint density at radius 3 is 2.93 bits per heavy atom. The Bertz CT molecular complexity index is 277. The van der Waals surface area contributed by atoms with Gasteiger partial charge in [-0.05, 0) is 37.8 Å². The van der Waals surface area contributed by atoms with Crippen molar-refractivity contribution in [1.82, 2.24) is 14.9 Å². The first kappa shape index (κ1) is 12.5. The predicted octanol–water partition coefficient (Wildman–Crippen LogP) is 1.79. The van der Waals surface area contributed by atoms with Gasteiger partial charge in [-0.25, -0.2) is 0 Å². The van der Waals surface area contributed by atoms with E-state index < -0.39 is 0 Å². The summed E-state index contributed by atoms with van der Waals surface area (Å²) in [6.45, 7) is 2.92. The molecule has 0 aliphatic rings. The Morgan fingerprint density at radius 2 is 2.33 bits per heavy atom. The van der Waals surface area contributed by atoms with E-state index in [2.05, 4.69) is 21.8 Å². The summed E-state index contributed by atoms with van der Waals surface area (Å²) in [6.07, 6.45) is 3.08. The summed E-state index contributed by atoms with van der Waals surface area (Å²) in [6, 6.07) is 0.370. The van der Waals surface area contributed by atoms with Crippen molar-refractivity contribution in [3.05, 3.63) is 10.6 Å². The van der Waals surface area contributed by atoms with E-state index in [4.69, 9.17) is 4.74 Å². The maximum Gasteiger partial charge on any atom is 0.0800 e. The van der Waals surface area contributed by atoms with Gasteiger partial charge in [-0.3, -0.25) is 0 Å². The van der Waals surface area contributed by atoms with Crippen LogP contribution in [0.25, 0.3) is 0 Å². The molecule has 1 unspecified atom stereocenters. The minimum absolute atomic E-state index is 0.370. The molecule has 0 aliphatic heterocycles. The second kappa shape index (κ2) is 6.87. The van der Waals surface area contributed by atoms with E-state index in [-0.39, 0.29) is 0 Å². The standard InChI is InChI=1S/C10H19N3OS/c1-4-8-10(15-13-12-8)9(11-2)6-5-7-14-3/h9,11H,4-7H2,1-3H3. The third-order valence-corrected chi connectivity index (χ3v) is 3.31. The van der Waals surface area contributed by atoms with Crippen molar-refractivity contribution < 1.29 is 4.74 Å². The van der Waals surface area contributed by atoms with Crippen LogP contribution in [0.15, 0.2) is 0 Å². The summed E-state index contributed by atoms with van der Waals surface area (Å²) in [4.78, 5) is 1.27. The van der Waals surface area contributed by atoms with Crippen LogP contribution in [-0.4, -0.2) is 30.4 Å². The van der Waals surface area contributed by atoms with Gasteiger partial charge in [0.05, 0.1) is 10.6 Å². The van der Waals surface area contributed by atoms with Crippen LogP contribution < -0.4 is 5.32 Å². The Morgan fingerprint density at radius 1 is 1.53 bits per heavy atom. The topological polar surface area (TPSA) is 47.0 Å². The molecular formula is C10H19N3OS. The number of hydrogen-bond acceptors (Lipinski definition) is 5. The maximum atomic E-state index is 5.06. The summed E-state index contributed by atoms with van der Waals surface area (Å²) in [5.74, 6) is 0. The van der Waals surface area contributed by atoms with Gasteiger partial charge >= 0.3 is 0 Å². The molecular weight excluding hydrogens is 210 g/mol. The zero-order chi connectivity index (χ0) is 11.1. The summed E-state index contributed by atoms with van der Waals surface area (Å²) >= 11 is 1.50. The molecule has 0 fully saturated rings. The molecule has 4 nitrogen and oxygen atoms in total. The van der Waals surface area contributed by atoms with E-state index >= 15 is 0 Å². The highest BCUT2D eigenvalue weighted by Gasteiger charge is 2.16. The number of aromatic nitrogens is 2. The summed E-state index contributed by atoms with van der Waals surface area (Å²) in [7, 11) is 3.72. The van der Waals surface area contributed by atoms with Crippen molar-refractivity contribution in [1.29, 1.82) is 0 Å². The first-order chi connectivity index (χ1) is 7.33. The maximum absolute atomic E-state index is 5.06. The third-order valence-electron chi connectivity index (χ3n) is 2.43. The van der Waals surface area contributed by atoms with E-state index in [1.807, 2.05) is 7.05 Å². The molecule has 86 valence electrons. The zero-order valence-electron chi connectivity index (χ0n) is 9.62. The minimum Gasteiger partial charge on any atom is -0.385 e. The van der Waals surface area contributed by atoms with E-state index in [0.717, 1.165) is 31.6 Å². The molecule has 0 spiro atoms. The molecule has 1 aromatic rings. The van der Waals surface area contributed by atoms with Gasteiger partial charge in [0.25, 0.3) is 0 Å².